The summed E-state index contributed by atoms with van der Waals surface area (Å²) in [7, 11) is 0. The number of esters is 2. The summed E-state index contributed by atoms with van der Waals surface area (Å²) in [6.07, 6.45) is 2.21. The number of hydrogen-bond donors (Lipinski definition) is 0. The molecule has 0 aromatic heterocycles. The normalized spacial score (nSPS) is 10.0. The van der Waals surface area contributed by atoms with Crippen molar-refractivity contribution in [1.82, 2.24) is 0 Å². The molecule has 0 aliphatic rings. The first kappa shape index (κ1) is 19.1. The summed E-state index contributed by atoms with van der Waals surface area (Å²) in [6.45, 7) is 7.44. The quantitative estimate of drug-likeness (QED) is 0.370. The zero-order valence-electron chi connectivity index (χ0n) is 14.3. The third-order valence-electron chi connectivity index (χ3n) is 3.31. The van der Waals surface area contributed by atoms with E-state index in [0.717, 1.165) is 22.9 Å². The Morgan fingerprint density at radius 2 is 1.19 bits per heavy atom. The zero-order chi connectivity index (χ0) is 18.8. The van der Waals surface area contributed by atoms with Gasteiger partial charge in [-0.2, -0.15) is 0 Å². The number of carbonyl (C=O) groups is 2. The van der Waals surface area contributed by atoms with Crippen LogP contribution >= 0.6 is 0 Å². The highest BCUT2D eigenvalue weighted by Gasteiger charge is 2.02. The van der Waals surface area contributed by atoms with Crippen molar-refractivity contribution in [3.05, 3.63) is 61.7 Å². The largest absolute Gasteiger partial charge is 0.490 e. The molecule has 6 heteroatoms. The maximum absolute atomic E-state index is 11.0. The molecule has 0 unspecified atom stereocenters. The van der Waals surface area contributed by atoms with Gasteiger partial charge in [-0.25, -0.2) is 9.59 Å². The maximum atomic E-state index is 11.0. The van der Waals surface area contributed by atoms with Gasteiger partial charge in [0.2, 0.25) is 0 Å². The molecule has 2 aromatic carbocycles. The van der Waals surface area contributed by atoms with E-state index in [2.05, 4.69) is 13.2 Å². The SMILES string of the molecule is C=CC(=O)OCCOc1ccc2ccc(OCCOC(=O)C=C)cc2c1. The molecule has 0 radical (unpaired) electrons. The lowest BCUT2D eigenvalue weighted by atomic mass is 10.1. The van der Waals surface area contributed by atoms with Crippen LogP contribution in [0.3, 0.4) is 0 Å². The fraction of sp³-hybridized carbons (Fsp3) is 0.200. The lowest BCUT2D eigenvalue weighted by molar-refractivity contribution is -0.139. The summed E-state index contributed by atoms with van der Waals surface area (Å²) in [4.78, 5) is 21.9. The topological polar surface area (TPSA) is 71.1 Å². The molecule has 6 nitrogen and oxygen atoms in total. The Morgan fingerprint density at radius 1 is 0.731 bits per heavy atom. The van der Waals surface area contributed by atoms with Crippen molar-refractivity contribution in [2.24, 2.45) is 0 Å². The molecule has 0 heterocycles. The molecule has 0 amide bonds. The monoisotopic (exact) mass is 356 g/mol. The summed E-state index contributed by atoms with van der Waals surface area (Å²) in [5, 5.41) is 1.96. The highest BCUT2D eigenvalue weighted by atomic mass is 16.6. The smallest absolute Gasteiger partial charge is 0.330 e. The molecule has 0 N–H and O–H groups in total. The van der Waals surface area contributed by atoms with Gasteiger partial charge in [0.05, 0.1) is 0 Å². The van der Waals surface area contributed by atoms with Gasteiger partial charge in [-0.1, -0.05) is 25.3 Å². The highest BCUT2D eigenvalue weighted by Crippen LogP contribution is 2.25. The van der Waals surface area contributed by atoms with Crippen molar-refractivity contribution in [2.75, 3.05) is 26.4 Å². The number of carbonyl (C=O) groups excluding carboxylic acids is 2. The Bertz CT molecular complexity index is 733. The fourth-order valence-corrected chi connectivity index (χ4v) is 2.10. The molecule has 0 aliphatic heterocycles. The van der Waals surface area contributed by atoms with Gasteiger partial charge in [0.1, 0.15) is 37.9 Å². The molecule has 0 saturated carbocycles. The van der Waals surface area contributed by atoms with Crippen LogP contribution in [-0.4, -0.2) is 38.4 Å². The molecule has 26 heavy (non-hydrogen) atoms. The van der Waals surface area contributed by atoms with Gasteiger partial charge in [0.15, 0.2) is 0 Å². The minimum atomic E-state index is -0.479. The number of fused-ring (bicyclic) bond motifs is 1. The van der Waals surface area contributed by atoms with E-state index in [1.54, 1.807) is 0 Å². The molecule has 0 aliphatic carbocycles. The summed E-state index contributed by atoms with van der Waals surface area (Å²) in [6, 6.07) is 11.3. The lowest BCUT2D eigenvalue weighted by Gasteiger charge is -2.10. The van der Waals surface area contributed by atoms with E-state index in [-0.39, 0.29) is 26.4 Å². The van der Waals surface area contributed by atoms with Crippen molar-refractivity contribution < 1.29 is 28.5 Å². The summed E-state index contributed by atoms with van der Waals surface area (Å²) in [5.74, 6) is 0.355. The summed E-state index contributed by atoms with van der Waals surface area (Å²) >= 11 is 0. The molecule has 2 aromatic rings. The molecule has 0 spiro atoms. The predicted octanol–water partition coefficient (Wildman–Crippen LogP) is 3.06. The van der Waals surface area contributed by atoms with E-state index >= 15 is 0 Å². The van der Waals surface area contributed by atoms with Crippen molar-refractivity contribution in [3.8, 4) is 11.5 Å². The van der Waals surface area contributed by atoms with E-state index in [4.69, 9.17) is 18.9 Å². The minimum Gasteiger partial charge on any atom is -0.490 e. The fourth-order valence-electron chi connectivity index (χ4n) is 2.10. The number of hydrogen-bond acceptors (Lipinski definition) is 6. The van der Waals surface area contributed by atoms with Gasteiger partial charge in [0.25, 0.3) is 0 Å². The van der Waals surface area contributed by atoms with E-state index in [1.807, 2.05) is 36.4 Å². The standard InChI is InChI=1S/C20H20O6/c1-3-19(21)25-11-9-23-17-7-5-15-6-8-18(14-16(15)13-17)24-10-12-26-20(22)4-2/h3-8,13-14H,1-2,9-12H2. The second kappa shape index (κ2) is 9.88. The molecule has 0 saturated heterocycles. The second-order valence-corrected chi connectivity index (χ2v) is 5.11. The molecule has 2 rings (SSSR count). The highest BCUT2D eigenvalue weighted by molar-refractivity contribution is 5.85. The van der Waals surface area contributed by atoms with Crippen LogP contribution < -0.4 is 9.47 Å². The average Bonchev–Trinajstić information content (AvgIpc) is 2.67. The van der Waals surface area contributed by atoms with Crippen LogP contribution in [-0.2, 0) is 19.1 Å². The average molecular weight is 356 g/mol. The minimum absolute atomic E-state index is 0.148. The summed E-state index contributed by atoms with van der Waals surface area (Å²) < 4.78 is 20.8. The van der Waals surface area contributed by atoms with Crippen LogP contribution in [0, 0.1) is 0 Å². The zero-order valence-corrected chi connectivity index (χ0v) is 14.3. The predicted molar refractivity (Wildman–Crippen MR) is 97.3 cm³/mol. The van der Waals surface area contributed by atoms with Crippen LogP contribution in [0.25, 0.3) is 10.8 Å². The Labute approximate surface area is 151 Å². The first-order valence-corrected chi connectivity index (χ1v) is 8.00. The van der Waals surface area contributed by atoms with Gasteiger partial charge in [-0.05, 0) is 35.0 Å². The second-order valence-electron chi connectivity index (χ2n) is 5.11. The van der Waals surface area contributed by atoms with E-state index in [0.29, 0.717) is 11.5 Å². The van der Waals surface area contributed by atoms with E-state index in [9.17, 15) is 9.59 Å². The third-order valence-corrected chi connectivity index (χ3v) is 3.31. The van der Waals surface area contributed by atoms with Gasteiger partial charge in [-0.15, -0.1) is 0 Å². The Kier molecular flexibility index (Phi) is 7.24. The van der Waals surface area contributed by atoms with Gasteiger partial charge in [-0.3, -0.25) is 0 Å². The lowest BCUT2D eigenvalue weighted by Crippen LogP contribution is -2.10. The number of benzene rings is 2. The molecular weight excluding hydrogens is 336 g/mol. The van der Waals surface area contributed by atoms with Crippen molar-refractivity contribution in [3.63, 3.8) is 0 Å². The Balaban J connectivity index is 1.90. The summed E-state index contributed by atoms with van der Waals surface area (Å²) in [5.41, 5.74) is 0. The van der Waals surface area contributed by atoms with Crippen molar-refractivity contribution >= 4 is 22.7 Å². The van der Waals surface area contributed by atoms with Crippen molar-refractivity contribution in [2.45, 2.75) is 0 Å². The van der Waals surface area contributed by atoms with Gasteiger partial charge < -0.3 is 18.9 Å². The van der Waals surface area contributed by atoms with Crippen LogP contribution in [0.1, 0.15) is 0 Å². The molecule has 0 bridgehead atoms. The van der Waals surface area contributed by atoms with Gasteiger partial charge >= 0.3 is 11.9 Å². The van der Waals surface area contributed by atoms with Crippen molar-refractivity contribution in [1.29, 1.82) is 0 Å². The van der Waals surface area contributed by atoms with Crippen LogP contribution in [0.5, 0.6) is 11.5 Å². The molecule has 0 fully saturated rings. The first-order chi connectivity index (χ1) is 12.6. The number of ether oxygens (including phenoxy) is 4. The number of rotatable bonds is 10. The molecule has 0 atom stereocenters. The van der Waals surface area contributed by atoms with Gasteiger partial charge in [0, 0.05) is 12.2 Å². The van der Waals surface area contributed by atoms with Crippen LogP contribution in [0.15, 0.2) is 61.7 Å². The van der Waals surface area contributed by atoms with E-state index < -0.39 is 11.9 Å². The van der Waals surface area contributed by atoms with Crippen LogP contribution in [0.4, 0.5) is 0 Å². The van der Waals surface area contributed by atoms with E-state index in [1.165, 1.54) is 0 Å². The first-order valence-electron chi connectivity index (χ1n) is 8.00. The molecule has 136 valence electrons. The third kappa shape index (κ3) is 5.98. The van der Waals surface area contributed by atoms with Crippen LogP contribution in [0.2, 0.25) is 0 Å². The Morgan fingerprint density at radius 3 is 1.62 bits per heavy atom. The molecular formula is C20H20O6. The maximum Gasteiger partial charge on any atom is 0.330 e. The Hall–Kier alpha value is -3.28.